The Bertz CT molecular complexity index is 1040. The van der Waals surface area contributed by atoms with Crippen LogP contribution in [0.5, 0.6) is 0 Å². The van der Waals surface area contributed by atoms with Crippen LogP contribution in [0.25, 0.3) is 0 Å². The number of rotatable bonds is 12. The highest BCUT2D eigenvalue weighted by molar-refractivity contribution is 6.41. The maximum atomic E-state index is 12.0. The summed E-state index contributed by atoms with van der Waals surface area (Å²) in [5, 5.41) is 0. The first-order chi connectivity index (χ1) is 17.2. The van der Waals surface area contributed by atoms with Crippen molar-refractivity contribution in [3.63, 3.8) is 0 Å². The summed E-state index contributed by atoms with van der Waals surface area (Å²) in [5.41, 5.74) is 2.16. The van der Waals surface area contributed by atoms with E-state index in [1.54, 1.807) is 24.3 Å². The van der Waals surface area contributed by atoms with Crippen LogP contribution in [0.2, 0.25) is 0 Å². The zero-order chi connectivity index (χ0) is 27.1. The van der Waals surface area contributed by atoms with Crippen LogP contribution >= 0.6 is 0 Å². The Labute approximate surface area is 210 Å². The Morgan fingerprint density at radius 3 is 1.58 bits per heavy atom. The van der Waals surface area contributed by atoms with Crippen LogP contribution in [-0.2, 0) is 28.8 Å². The lowest BCUT2D eigenvalue weighted by Gasteiger charge is -2.12. The molecule has 2 rings (SSSR count). The summed E-state index contributed by atoms with van der Waals surface area (Å²) in [4.78, 5) is 60.7. The van der Waals surface area contributed by atoms with Gasteiger partial charge in [-0.3, -0.25) is 9.59 Å². The molecule has 0 aromatic heterocycles. The number of carbonyl (C=O) groups is 4. The number of hydrogen-bond donors (Lipinski definition) is 0. The van der Waals surface area contributed by atoms with Gasteiger partial charge < -0.3 is 24.2 Å². The summed E-state index contributed by atoms with van der Waals surface area (Å²) < 4.78 is 9.49. The number of anilines is 2. The van der Waals surface area contributed by atoms with Crippen LogP contribution in [0.4, 0.5) is 11.4 Å². The van der Waals surface area contributed by atoms with E-state index in [4.69, 9.17) is 9.62 Å². The average molecular weight is 499 g/mol. The third-order valence-electron chi connectivity index (χ3n) is 4.42. The molecule has 2 aromatic carbocycles. The summed E-state index contributed by atoms with van der Waals surface area (Å²) in [6, 6.07) is 12.9. The van der Waals surface area contributed by atoms with Crippen LogP contribution in [0, 0.1) is 0 Å². The quantitative estimate of drug-likeness (QED) is 0.0632. The molecule has 0 aliphatic heterocycles. The largest absolute Gasteiger partial charge is 0.457 e. The van der Waals surface area contributed by atoms with Gasteiger partial charge in [-0.2, -0.15) is 4.89 Å². The van der Waals surface area contributed by atoms with Crippen LogP contribution < -0.4 is 9.80 Å². The van der Waals surface area contributed by atoms with Gasteiger partial charge in [-0.25, -0.2) is 9.59 Å². The van der Waals surface area contributed by atoms with Crippen molar-refractivity contribution < 1.29 is 38.4 Å². The monoisotopic (exact) mass is 498 g/mol. The molecule has 0 atom stereocenters. The minimum Gasteiger partial charge on any atom is -0.457 e. The van der Waals surface area contributed by atoms with E-state index in [0.717, 1.165) is 23.9 Å². The minimum atomic E-state index is -1.09. The normalized spacial score (nSPS) is 10.0. The number of esters is 2. The Balaban J connectivity index is 0.00000316. The summed E-state index contributed by atoms with van der Waals surface area (Å²) in [6.07, 6.45) is 1.72. The average Bonchev–Trinajstić information content (AvgIpc) is 2.90. The number of ether oxygens (including phenoxy) is 2. The van der Waals surface area contributed by atoms with Gasteiger partial charge in [0.1, 0.15) is 19.5 Å². The van der Waals surface area contributed by atoms with Gasteiger partial charge in [0, 0.05) is 50.7 Å². The van der Waals surface area contributed by atoms with Crippen molar-refractivity contribution in [2.75, 3.05) is 51.2 Å². The number of ketones is 2. The zero-order valence-corrected chi connectivity index (χ0v) is 20.8. The second kappa shape index (κ2) is 15.5. The van der Waals surface area contributed by atoms with Crippen molar-refractivity contribution in [3.8, 4) is 0 Å². The molecule has 0 heterocycles. The summed E-state index contributed by atoms with van der Waals surface area (Å²) in [5.74, 6) is -3.71. The summed E-state index contributed by atoms with van der Waals surface area (Å²) in [7, 11) is 7.42. The lowest BCUT2D eigenvalue weighted by molar-refractivity contribution is -0.255. The highest BCUT2D eigenvalue weighted by atomic mass is 17.2. The number of carbonyl (C=O) groups excluding carboxylic acids is 4. The molecule has 2 aromatic rings. The Hall–Kier alpha value is -4.44. The standard InChI is InChI=1S/C24H26N2O8.C2H4/c1-25(2)19-9-5-17(6-10-19)21(27)23(29)31-13-15-33-34-16-14-32-24(30)22(28)18-7-11-20(12-8-18)26(3)4;1-2/h5-13,15H,14,16H2,1-4H3;1-2H2/b15-13-;. The third kappa shape index (κ3) is 9.43. The van der Waals surface area contributed by atoms with E-state index >= 15 is 0 Å². The van der Waals surface area contributed by atoms with Crippen molar-refractivity contribution in [1.29, 1.82) is 0 Å². The molecule has 0 spiro atoms. The van der Waals surface area contributed by atoms with Gasteiger partial charge >= 0.3 is 11.9 Å². The SMILES string of the molecule is C=C.CN(C)c1ccc(C(=O)C(=O)O/C=C\OOCCOC(=O)C(=O)c2ccc(N(C)C)cc2)cc1. The molecule has 0 fully saturated rings. The first kappa shape index (κ1) is 29.6. The number of nitrogens with zero attached hydrogens (tertiary/aromatic N) is 2. The van der Waals surface area contributed by atoms with E-state index in [2.05, 4.69) is 22.8 Å². The highest BCUT2D eigenvalue weighted by Gasteiger charge is 2.18. The van der Waals surface area contributed by atoms with E-state index < -0.39 is 23.5 Å². The third-order valence-corrected chi connectivity index (χ3v) is 4.42. The van der Waals surface area contributed by atoms with Crippen molar-refractivity contribution in [1.82, 2.24) is 0 Å². The van der Waals surface area contributed by atoms with Crippen molar-refractivity contribution in [3.05, 3.63) is 85.3 Å². The van der Waals surface area contributed by atoms with Gasteiger partial charge in [0.15, 0.2) is 6.26 Å². The van der Waals surface area contributed by atoms with Crippen LogP contribution in [0.3, 0.4) is 0 Å². The predicted molar refractivity (Wildman–Crippen MR) is 135 cm³/mol. The lowest BCUT2D eigenvalue weighted by atomic mass is 10.1. The molecule has 10 heteroatoms. The van der Waals surface area contributed by atoms with Gasteiger partial charge in [0.2, 0.25) is 0 Å². The van der Waals surface area contributed by atoms with Crippen molar-refractivity contribution >= 4 is 34.9 Å². The molecule has 0 saturated carbocycles. The van der Waals surface area contributed by atoms with Gasteiger partial charge in [-0.05, 0) is 48.5 Å². The smallest absolute Gasteiger partial charge is 0.384 e. The van der Waals surface area contributed by atoms with Gasteiger partial charge in [0.05, 0.1) is 0 Å². The first-order valence-electron chi connectivity index (χ1n) is 10.7. The second-order valence-electron chi connectivity index (χ2n) is 7.27. The fourth-order valence-electron chi connectivity index (χ4n) is 2.54. The molecule has 10 nitrogen and oxygen atoms in total. The maximum absolute atomic E-state index is 12.0. The molecule has 0 N–H and O–H groups in total. The summed E-state index contributed by atoms with van der Waals surface area (Å²) in [6.45, 7) is 5.57. The van der Waals surface area contributed by atoms with E-state index in [1.807, 2.05) is 38.0 Å². The molecular formula is C26H30N2O8. The van der Waals surface area contributed by atoms with E-state index in [0.29, 0.717) is 0 Å². The topological polar surface area (TPSA) is 112 Å². The Kier molecular flexibility index (Phi) is 12.7. The van der Waals surface area contributed by atoms with E-state index in [9.17, 15) is 19.2 Å². The zero-order valence-electron chi connectivity index (χ0n) is 20.8. The van der Waals surface area contributed by atoms with E-state index in [1.165, 1.54) is 24.3 Å². The number of benzene rings is 2. The minimum absolute atomic E-state index is 0.186. The van der Waals surface area contributed by atoms with Crippen molar-refractivity contribution in [2.24, 2.45) is 0 Å². The molecule has 0 bridgehead atoms. The Morgan fingerprint density at radius 1 is 0.694 bits per heavy atom. The maximum Gasteiger partial charge on any atom is 0.384 e. The molecule has 36 heavy (non-hydrogen) atoms. The predicted octanol–water partition coefficient (Wildman–Crippen LogP) is 3.19. The molecule has 0 unspecified atom stereocenters. The van der Waals surface area contributed by atoms with Gasteiger partial charge in [-0.15, -0.1) is 13.2 Å². The highest BCUT2D eigenvalue weighted by Crippen LogP contribution is 2.14. The van der Waals surface area contributed by atoms with Gasteiger partial charge in [0.25, 0.3) is 11.6 Å². The van der Waals surface area contributed by atoms with Crippen LogP contribution in [0.1, 0.15) is 20.7 Å². The molecular weight excluding hydrogens is 468 g/mol. The van der Waals surface area contributed by atoms with Crippen LogP contribution in [0.15, 0.2) is 74.2 Å². The molecule has 0 amide bonds. The molecule has 0 aliphatic carbocycles. The summed E-state index contributed by atoms with van der Waals surface area (Å²) >= 11 is 0. The van der Waals surface area contributed by atoms with Crippen LogP contribution in [-0.4, -0.2) is 64.9 Å². The second-order valence-corrected chi connectivity index (χ2v) is 7.27. The number of Topliss-reactive ketones (excluding diaryl/α,β-unsaturated/α-hetero) is 2. The number of hydrogen-bond acceptors (Lipinski definition) is 10. The molecule has 0 saturated heterocycles. The molecule has 192 valence electrons. The first-order valence-corrected chi connectivity index (χ1v) is 10.7. The van der Waals surface area contributed by atoms with Gasteiger partial charge in [-0.1, -0.05) is 0 Å². The fraction of sp³-hybridized carbons (Fsp3) is 0.231. The van der Waals surface area contributed by atoms with Crippen molar-refractivity contribution in [2.45, 2.75) is 0 Å². The molecule has 0 radical (unpaired) electrons. The van der Waals surface area contributed by atoms with E-state index in [-0.39, 0.29) is 24.3 Å². The Morgan fingerprint density at radius 2 is 1.14 bits per heavy atom. The lowest BCUT2D eigenvalue weighted by Crippen LogP contribution is -2.20. The fourth-order valence-corrected chi connectivity index (χ4v) is 2.54. The molecule has 0 aliphatic rings.